The van der Waals surface area contributed by atoms with E-state index >= 15 is 0 Å². The lowest BCUT2D eigenvalue weighted by Gasteiger charge is -2.07. The van der Waals surface area contributed by atoms with Gasteiger partial charge in [-0.2, -0.15) is 0 Å². The van der Waals surface area contributed by atoms with Gasteiger partial charge < -0.3 is 5.73 Å². The van der Waals surface area contributed by atoms with Crippen molar-refractivity contribution in [2.45, 2.75) is 76.9 Å². The van der Waals surface area contributed by atoms with Gasteiger partial charge in [0.15, 0.2) is 9.84 Å². The molecule has 0 fully saturated rings. The number of sulfone groups is 1. The lowest BCUT2D eigenvalue weighted by molar-refractivity contribution is -0.118. The Balaban J connectivity index is 3.31. The summed E-state index contributed by atoms with van der Waals surface area (Å²) < 4.78 is 23.1. The van der Waals surface area contributed by atoms with E-state index in [2.05, 4.69) is 0 Å². The van der Waals surface area contributed by atoms with Crippen molar-refractivity contribution < 1.29 is 13.2 Å². The van der Waals surface area contributed by atoms with Gasteiger partial charge in [-0.3, -0.25) is 4.79 Å². The molecule has 1 amide bonds. The Morgan fingerprint density at radius 3 is 1.74 bits per heavy atom. The first-order valence-corrected chi connectivity index (χ1v) is 9.07. The van der Waals surface area contributed by atoms with E-state index in [0.717, 1.165) is 51.4 Å². The fourth-order valence-corrected chi connectivity index (χ4v) is 2.98. The summed E-state index contributed by atoms with van der Waals surface area (Å²) in [4.78, 5) is 10.5. The van der Waals surface area contributed by atoms with Crippen LogP contribution in [0.2, 0.25) is 0 Å². The molecule has 4 nitrogen and oxygen atoms in total. The largest absolute Gasteiger partial charge is 0.370 e. The molecule has 5 heteroatoms. The number of hydrogen-bond donors (Lipinski definition) is 1. The average Bonchev–Trinajstić information content (AvgIpc) is 2.30. The summed E-state index contributed by atoms with van der Waals surface area (Å²) in [5.74, 6) is 0.106. The zero-order chi connectivity index (χ0) is 14.7. The van der Waals surface area contributed by atoms with Gasteiger partial charge in [-0.15, -0.1) is 0 Å². The Hall–Kier alpha value is -0.580. The molecular weight excluding hydrogens is 262 g/mol. The Kier molecular flexibility index (Phi) is 9.92. The van der Waals surface area contributed by atoms with Gasteiger partial charge in [0.1, 0.15) is 0 Å². The molecule has 0 bridgehead atoms. The van der Waals surface area contributed by atoms with E-state index in [9.17, 15) is 13.2 Å². The van der Waals surface area contributed by atoms with Gasteiger partial charge in [0.05, 0.1) is 11.0 Å². The van der Waals surface area contributed by atoms with E-state index in [1.165, 1.54) is 0 Å². The fourth-order valence-electron chi connectivity index (χ4n) is 1.90. The number of amides is 1. The molecule has 0 aliphatic heterocycles. The molecule has 0 unspecified atom stereocenters. The van der Waals surface area contributed by atoms with Gasteiger partial charge in [0, 0.05) is 6.42 Å². The molecule has 114 valence electrons. The third-order valence-corrected chi connectivity index (χ3v) is 5.61. The van der Waals surface area contributed by atoms with Gasteiger partial charge in [-0.25, -0.2) is 8.42 Å². The van der Waals surface area contributed by atoms with Crippen molar-refractivity contribution in [2.75, 3.05) is 5.75 Å². The number of hydrogen-bond acceptors (Lipinski definition) is 3. The first kappa shape index (κ1) is 18.4. The van der Waals surface area contributed by atoms with Crippen LogP contribution in [-0.4, -0.2) is 25.3 Å². The van der Waals surface area contributed by atoms with E-state index in [0.29, 0.717) is 12.2 Å². The predicted molar refractivity (Wildman–Crippen MR) is 79.7 cm³/mol. The first-order chi connectivity index (χ1) is 8.86. The van der Waals surface area contributed by atoms with Crippen LogP contribution in [0.15, 0.2) is 0 Å². The number of nitrogens with two attached hydrogens (primary N) is 1. The molecule has 0 aliphatic rings. The van der Waals surface area contributed by atoms with E-state index in [-0.39, 0.29) is 11.2 Å². The van der Waals surface area contributed by atoms with E-state index in [4.69, 9.17) is 5.73 Å². The monoisotopic (exact) mass is 291 g/mol. The van der Waals surface area contributed by atoms with Crippen LogP contribution in [0.3, 0.4) is 0 Å². The molecule has 0 saturated carbocycles. The summed E-state index contributed by atoms with van der Waals surface area (Å²) in [6.45, 7) is 3.48. The number of rotatable bonds is 12. The lowest BCUT2D eigenvalue weighted by atomic mass is 10.1. The lowest BCUT2D eigenvalue weighted by Crippen LogP contribution is -2.17. The third-order valence-electron chi connectivity index (χ3n) is 3.32. The van der Waals surface area contributed by atoms with Crippen LogP contribution in [0.1, 0.15) is 71.6 Å². The molecule has 2 N–H and O–H groups in total. The summed E-state index contributed by atoms with van der Waals surface area (Å²) >= 11 is 0. The SMILES string of the molecule is CC(C)S(=O)(=O)CCCCCCCCCCC(N)=O. The van der Waals surface area contributed by atoms with E-state index in [1.807, 2.05) is 0 Å². The number of primary amides is 1. The Morgan fingerprint density at radius 2 is 1.32 bits per heavy atom. The molecule has 0 aromatic rings. The van der Waals surface area contributed by atoms with Gasteiger partial charge in [0.2, 0.25) is 5.91 Å². The van der Waals surface area contributed by atoms with Crippen molar-refractivity contribution >= 4 is 15.7 Å². The molecule has 0 spiro atoms. The molecular formula is C14H29NO3S. The van der Waals surface area contributed by atoms with Gasteiger partial charge in [0.25, 0.3) is 0 Å². The minimum absolute atomic E-state index is 0.216. The molecule has 0 rings (SSSR count). The van der Waals surface area contributed by atoms with Crippen LogP contribution in [0.25, 0.3) is 0 Å². The Labute approximate surface area is 118 Å². The second kappa shape index (κ2) is 10.2. The maximum Gasteiger partial charge on any atom is 0.217 e. The van der Waals surface area contributed by atoms with Gasteiger partial charge in [-0.05, 0) is 26.7 Å². The normalized spacial score (nSPS) is 11.9. The predicted octanol–water partition coefficient (Wildman–Crippen LogP) is 2.81. The smallest absolute Gasteiger partial charge is 0.217 e. The fraction of sp³-hybridized carbons (Fsp3) is 0.929. The summed E-state index contributed by atoms with van der Waals surface area (Å²) in [6, 6.07) is 0. The second-order valence-corrected chi connectivity index (χ2v) is 8.14. The standard InChI is InChI=1S/C14H29NO3S/c1-13(2)19(17,18)12-10-8-6-4-3-5-7-9-11-14(15)16/h13H,3-12H2,1-2H3,(H2,15,16). The van der Waals surface area contributed by atoms with Crippen molar-refractivity contribution in [3.05, 3.63) is 0 Å². The Bertz CT molecular complexity index is 337. The zero-order valence-electron chi connectivity index (χ0n) is 12.4. The van der Waals surface area contributed by atoms with Crippen LogP contribution >= 0.6 is 0 Å². The van der Waals surface area contributed by atoms with Crippen molar-refractivity contribution in [1.29, 1.82) is 0 Å². The molecule has 0 saturated heterocycles. The van der Waals surface area contributed by atoms with Crippen LogP contribution in [0, 0.1) is 0 Å². The average molecular weight is 291 g/mol. The molecule has 19 heavy (non-hydrogen) atoms. The molecule has 0 atom stereocenters. The van der Waals surface area contributed by atoms with Gasteiger partial charge in [-0.1, -0.05) is 38.5 Å². The Morgan fingerprint density at radius 1 is 0.895 bits per heavy atom. The number of carbonyl (C=O) groups excluding carboxylic acids is 1. The number of unbranched alkanes of at least 4 members (excludes halogenated alkanes) is 7. The minimum Gasteiger partial charge on any atom is -0.370 e. The quantitative estimate of drug-likeness (QED) is 0.562. The number of carbonyl (C=O) groups is 1. The van der Waals surface area contributed by atoms with Gasteiger partial charge >= 0.3 is 0 Å². The second-order valence-electron chi connectivity index (χ2n) is 5.46. The van der Waals surface area contributed by atoms with Crippen molar-refractivity contribution in [3.63, 3.8) is 0 Å². The highest BCUT2D eigenvalue weighted by molar-refractivity contribution is 7.91. The van der Waals surface area contributed by atoms with Crippen molar-refractivity contribution in [3.8, 4) is 0 Å². The molecule has 0 heterocycles. The first-order valence-electron chi connectivity index (χ1n) is 7.36. The highest BCUT2D eigenvalue weighted by Crippen LogP contribution is 2.11. The van der Waals surface area contributed by atoms with Crippen LogP contribution < -0.4 is 5.73 Å². The maximum absolute atomic E-state index is 11.6. The van der Waals surface area contributed by atoms with E-state index in [1.54, 1.807) is 13.8 Å². The minimum atomic E-state index is -2.85. The summed E-state index contributed by atoms with van der Waals surface area (Å²) in [7, 11) is -2.85. The molecule has 0 radical (unpaired) electrons. The molecule has 0 aromatic heterocycles. The van der Waals surface area contributed by atoms with Crippen LogP contribution in [0.5, 0.6) is 0 Å². The third kappa shape index (κ3) is 11.0. The topological polar surface area (TPSA) is 77.2 Å². The molecule has 0 aliphatic carbocycles. The highest BCUT2D eigenvalue weighted by atomic mass is 32.2. The molecule has 0 aromatic carbocycles. The summed E-state index contributed by atoms with van der Waals surface area (Å²) in [5.41, 5.74) is 5.06. The maximum atomic E-state index is 11.6. The van der Waals surface area contributed by atoms with Crippen molar-refractivity contribution in [1.82, 2.24) is 0 Å². The summed E-state index contributed by atoms with van der Waals surface area (Å²) in [5, 5.41) is -0.252. The van der Waals surface area contributed by atoms with Crippen LogP contribution in [-0.2, 0) is 14.6 Å². The van der Waals surface area contributed by atoms with E-state index < -0.39 is 9.84 Å². The van der Waals surface area contributed by atoms with Crippen LogP contribution in [0.4, 0.5) is 0 Å². The summed E-state index contributed by atoms with van der Waals surface area (Å²) in [6.07, 6.45) is 8.77. The van der Waals surface area contributed by atoms with Crippen molar-refractivity contribution in [2.24, 2.45) is 5.73 Å². The zero-order valence-corrected chi connectivity index (χ0v) is 13.2. The highest BCUT2D eigenvalue weighted by Gasteiger charge is 2.14.